The third kappa shape index (κ3) is 1.86. The Labute approximate surface area is 112 Å². The van der Waals surface area contributed by atoms with E-state index in [9.17, 15) is 4.79 Å². The average Bonchev–Trinajstić information content (AvgIpc) is 2.75. The first-order chi connectivity index (χ1) is 8.80. The molecule has 0 aliphatic carbocycles. The Morgan fingerprint density at radius 3 is 2.47 bits per heavy atom. The second-order valence-electron chi connectivity index (χ2n) is 6.08. The zero-order valence-corrected chi connectivity index (χ0v) is 11.6. The molecule has 0 atom stereocenters. The van der Waals surface area contributed by atoms with Crippen LogP contribution in [0.15, 0.2) is 12.4 Å². The van der Waals surface area contributed by atoms with Gasteiger partial charge in [0.05, 0.1) is 17.6 Å². The molecule has 6 heteroatoms. The summed E-state index contributed by atoms with van der Waals surface area (Å²) in [5.41, 5.74) is 1.68. The summed E-state index contributed by atoms with van der Waals surface area (Å²) in [5.74, 6) is -0.0132. The van der Waals surface area contributed by atoms with Crippen molar-refractivity contribution in [2.75, 3.05) is 5.32 Å². The van der Waals surface area contributed by atoms with Crippen LogP contribution in [-0.4, -0.2) is 29.2 Å². The molecule has 0 aromatic carbocycles. The van der Waals surface area contributed by atoms with Crippen LogP contribution < -0.4 is 10.8 Å². The number of anilines is 1. The molecule has 0 spiro atoms. The number of pyridine rings is 1. The summed E-state index contributed by atoms with van der Waals surface area (Å²) in [6.45, 7) is 8.01. The molecule has 0 bridgehead atoms. The van der Waals surface area contributed by atoms with Crippen LogP contribution in [0.2, 0.25) is 0 Å². The molecule has 1 aromatic rings. The van der Waals surface area contributed by atoms with Crippen LogP contribution in [0.5, 0.6) is 0 Å². The number of rotatable bonds is 1. The summed E-state index contributed by atoms with van der Waals surface area (Å²) < 4.78 is 12.0. The molecule has 0 radical (unpaired) electrons. The van der Waals surface area contributed by atoms with Crippen molar-refractivity contribution in [2.45, 2.75) is 45.3 Å². The first-order valence-corrected chi connectivity index (χ1v) is 6.42. The SMILES string of the molecule is CC1(C)OB(c2cncc3c2NC(=O)C3)OC1(C)C. The number of carbonyl (C=O) groups excluding carboxylic acids is 1. The van der Waals surface area contributed by atoms with Gasteiger partial charge in [-0.15, -0.1) is 0 Å². The Balaban J connectivity index is 1.98. The largest absolute Gasteiger partial charge is 0.498 e. The topological polar surface area (TPSA) is 60.5 Å². The summed E-state index contributed by atoms with van der Waals surface area (Å²) in [7, 11) is -0.495. The van der Waals surface area contributed by atoms with Crippen molar-refractivity contribution in [1.82, 2.24) is 4.98 Å². The van der Waals surface area contributed by atoms with Gasteiger partial charge < -0.3 is 14.6 Å². The van der Waals surface area contributed by atoms with E-state index in [1.807, 2.05) is 27.7 Å². The number of fused-ring (bicyclic) bond motifs is 1. The Kier molecular flexibility index (Phi) is 2.53. The fourth-order valence-electron chi connectivity index (χ4n) is 2.31. The van der Waals surface area contributed by atoms with Gasteiger partial charge in [0, 0.05) is 29.1 Å². The lowest BCUT2D eigenvalue weighted by molar-refractivity contribution is -0.115. The lowest BCUT2D eigenvalue weighted by Crippen LogP contribution is -2.41. The first-order valence-electron chi connectivity index (χ1n) is 6.42. The number of amides is 1. The van der Waals surface area contributed by atoms with Gasteiger partial charge in [-0.3, -0.25) is 9.78 Å². The fourth-order valence-corrected chi connectivity index (χ4v) is 2.31. The van der Waals surface area contributed by atoms with Gasteiger partial charge in [-0.05, 0) is 27.7 Å². The third-order valence-electron chi connectivity index (χ3n) is 4.18. The van der Waals surface area contributed by atoms with Gasteiger partial charge >= 0.3 is 7.12 Å². The maximum absolute atomic E-state index is 11.5. The summed E-state index contributed by atoms with van der Waals surface area (Å²) in [6, 6.07) is 0. The number of nitrogens with one attached hydrogen (secondary N) is 1. The van der Waals surface area contributed by atoms with Crippen LogP contribution in [0, 0.1) is 0 Å². The maximum Gasteiger partial charge on any atom is 0.498 e. The number of hydrogen-bond donors (Lipinski definition) is 1. The highest BCUT2D eigenvalue weighted by Crippen LogP contribution is 2.37. The van der Waals surface area contributed by atoms with Crippen molar-refractivity contribution in [3.8, 4) is 0 Å². The summed E-state index contributed by atoms with van der Waals surface area (Å²) in [4.78, 5) is 15.7. The molecule has 1 saturated heterocycles. The van der Waals surface area contributed by atoms with E-state index in [2.05, 4.69) is 10.3 Å². The third-order valence-corrected chi connectivity index (χ3v) is 4.18. The van der Waals surface area contributed by atoms with Crippen LogP contribution >= 0.6 is 0 Å². The summed E-state index contributed by atoms with van der Waals surface area (Å²) in [6.07, 6.45) is 3.78. The van der Waals surface area contributed by atoms with Crippen LogP contribution in [0.4, 0.5) is 5.69 Å². The van der Waals surface area contributed by atoms with Crippen LogP contribution in [-0.2, 0) is 20.5 Å². The summed E-state index contributed by atoms with van der Waals surface area (Å²) >= 11 is 0. The van der Waals surface area contributed by atoms with Crippen molar-refractivity contribution in [3.05, 3.63) is 18.0 Å². The first kappa shape index (κ1) is 12.6. The Bertz CT molecular complexity index is 541. The molecule has 2 aliphatic rings. The predicted molar refractivity (Wildman–Crippen MR) is 72.3 cm³/mol. The van der Waals surface area contributed by atoms with Gasteiger partial charge in [-0.25, -0.2) is 0 Å². The van der Waals surface area contributed by atoms with Crippen molar-refractivity contribution < 1.29 is 14.1 Å². The van der Waals surface area contributed by atoms with E-state index in [-0.39, 0.29) is 5.91 Å². The molecule has 19 heavy (non-hydrogen) atoms. The highest BCUT2D eigenvalue weighted by molar-refractivity contribution is 6.64. The van der Waals surface area contributed by atoms with Crippen molar-refractivity contribution in [2.24, 2.45) is 0 Å². The van der Waals surface area contributed by atoms with E-state index < -0.39 is 18.3 Å². The number of nitrogens with zero attached hydrogens (tertiary/aromatic N) is 1. The minimum absolute atomic E-state index is 0.0132. The van der Waals surface area contributed by atoms with Crippen LogP contribution in [0.3, 0.4) is 0 Å². The summed E-state index contributed by atoms with van der Waals surface area (Å²) in [5, 5.41) is 2.86. The van der Waals surface area contributed by atoms with Crippen molar-refractivity contribution in [1.29, 1.82) is 0 Å². The van der Waals surface area contributed by atoms with E-state index in [1.165, 1.54) is 0 Å². The Morgan fingerprint density at radius 1 is 1.21 bits per heavy atom. The predicted octanol–water partition coefficient (Wildman–Crippen LogP) is 0.875. The van der Waals surface area contributed by atoms with Gasteiger partial charge in [0.25, 0.3) is 0 Å². The zero-order chi connectivity index (χ0) is 13.8. The van der Waals surface area contributed by atoms with Crippen molar-refractivity contribution >= 4 is 24.2 Å². The minimum Gasteiger partial charge on any atom is -0.399 e. The van der Waals surface area contributed by atoms with Crippen LogP contribution in [0.25, 0.3) is 0 Å². The quantitative estimate of drug-likeness (QED) is 0.761. The average molecular weight is 260 g/mol. The van der Waals surface area contributed by atoms with E-state index >= 15 is 0 Å². The molecule has 1 aromatic heterocycles. The number of carbonyl (C=O) groups is 1. The Morgan fingerprint density at radius 2 is 1.84 bits per heavy atom. The number of hydrogen-bond acceptors (Lipinski definition) is 4. The van der Waals surface area contributed by atoms with Gasteiger partial charge in [-0.2, -0.15) is 0 Å². The van der Waals surface area contributed by atoms with Gasteiger partial charge in [0.15, 0.2) is 0 Å². The number of aromatic nitrogens is 1. The zero-order valence-electron chi connectivity index (χ0n) is 11.6. The van der Waals surface area contributed by atoms with Gasteiger partial charge in [-0.1, -0.05) is 0 Å². The highest BCUT2D eigenvalue weighted by atomic mass is 16.7. The Hall–Kier alpha value is -1.40. The molecule has 1 N–H and O–H groups in total. The fraction of sp³-hybridized carbons (Fsp3) is 0.538. The molecule has 1 amide bonds. The second-order valence-corrected chi connectivity index (χ2v) is 6.08. The van der Waals surface area contributed by atoms with E-state index in [0.717, 1.165) is 16.7 Å². The molecule has 5 nitrogen and oxygen atoms in total. The van der Waals surface area contributed by atoms with Crippen molar-refractivity contribution in [3.63, 3.8) is 0 Å². The smallest absolute Gasteiger partial charge is 0.399 e. The van der Waals surface area contributed by atoms with Crippen LogP contribution in [0.1, 0.15) is 33.3 Å². The molecule has 2 aliphatic heterocycles. The lowest BCUT2D eigenvalue weighted by Gasteiger charge is -2.32. The van der Waals surface area contributed by atoms with E-state index in [1.54, 1.807) is 12.4 Å². The standard InChI is InChI=1S/C13H17BN2O3/c1-12(2)13(3,4)19-14(18-12)9-7-15-6-8-5-10(17)16-11(8)9/h6-7H,5H2,1-4H3,(H,16,17). The molecule has 100 valence electrons. The maximum atomic E-state index is 11.5. The van der Waals surface area contributed by atoms with Gasteiger partial charge in [0.1, 0.15) is 0 Å². The molecule has 0 saturated carbocycles. The normalized spacial score (nSPS) is 23.4. The molecule has 3 heterocycles. The molecular formula is C13H17BN2O3. The van der Waals surface area contributed by atoms with E-state index in [4.69, 9.17) is 9.31 Å². The second kappa shape index (κ2) is 3.80. The van der Waals surface area contributed by atoms with Gasteiger partial charge in [0.2, 0.25) is 5.91 Å². The molecule has 3 rings (SSSR count). The minimum atomic E-state index is -0.495. The molecular weight excluding hydrogens is 243 g/mol. The molecule has 0 unspecified atom stereocenters. The molecule has 1 fully saturated rings. The van der Waals surface area contributed by atoms with E-state index in [0.29, 0.717) is 6.42 Å². The highest BCUT2D eigenvalue weighted by Gasteiger charge is 2.52. The monoisotopic (exact) mass is 260 g/mol. The lowest BCUT2D eigenvalue weighted by atomic mass is 9.78.